The quantitative estimate of drug-likeness (QED) is 0.427. The van der Waals surface area contributed by atoms with Gasteiger partial charge in [-0.2, -0.15) is 0 Å². The van der Waals surface area contributed by atoms with Crippen LogP contribution in [-0.2, 0) is 9.59 Å². The van der Waals surface area contributed by atoms with E-state index in [1.807, 2.05) is 13.8 Å². The number of aliphatic carboxylic acids is 2. The van der Waals surface area contributed by atoms with Gasteiger partial charge in [0.1, 0.15) is 0 Å². The van der Waals surface area contributed by atoms with Gasteiger partial charge in [-0.15, -0.1) is 0 Å². The molecule has 0 aliphatic heterocycles. The fourth-order valence-electron chi connectivity index (χ4n) is 1.88. The number of carbonyl (C=O) groups excluding carboxylic acids is 2. The first-order chi connectivity index (χ1) is 9.44. The summed E-state index contributed by atoms with van der Waals surface area (Å²) in [5.74, 6) is -2.23. The molecule has 0 aromatic carbocycles. The monoisotopic (exact) mass is 496 g/mol. The van der Waals surface area contributed by atoms with Crippen LogP contribution in [-0.4, -0.2) is 38.1 Å². The van der Waals surface area contributed by atoms with Crippen molar-refractivity contribution in [2.75, 3.05) is 0 Å². The van der Waals surface area contributed by atoms with E-state index < -0.39 is 11.9 Å². The van der Waals surface area contributed by atoms with Crippen molar-refractivity contribution in [3.63, 3.8) is 0 Å². The van der Waals surface area contributed by atoms with Crippen molar-refractivity contribution in [1.82, 2.24) is 0 Å². The molecule has 2 radical (unpaired) electrons. The van der Waals surface area contributed by atoms with Crippen LogP contribution < -0.4 is 10.2 Å². The first-order valence-corrected chi connectivity index (χ1v) is 7.86. The summed E-state index contributed by atoms with van der Waals surface area (Å²) in [6.45, 7) is 7.89. The molecule has 0 fully saturated rings. The van der Waals surface area contributed by atoms with Gasteiger partial charge in [0.15, 0.2) is 0 Å². The molecule has 4 nitrogen and oxygen atoms in total. The molecule has 5 heteroatoms. The maximum absolute atomic E-state index is 10.3. The van der Waals surface area contributed by atoms with E-state index in [-0.39, 0.29) is 38.0 Å². The van der Waals surface area contributed by atoms with Crippen molar-refractivity contribution in [2.45, 2.75) is 79.1 Å². The van der Waals surface area contributed by atoms with Crippen LogP contribution in [0.5, 0.6) is 0 Å². The summed E-state index contributed by atoms with van der Waals surface area (Å²) in [7, 11) is 0. The Kier molecular flexibility index (Phi) is 21.9. The van der Waals surface area contributed by atoms with Crippen molar-refractivity contribution in [2.24, 2.45) is 11.8 Å². The Bertz CT molecular complexity index is 231. The number of hydrogen-bond acceptors (Lipinski definition) is 4. The summed E-state index contributed by atoms with van der Waals surface area (Å²) in [5.41, 5.74) is 0. The predicted octanol–water partition coefficient (Wildman–Crippen LogP) is 1.26. The van der Waals surface area contributed by atoms with Crippen molar-refractivity contribution in [1.29, 1.82) is 0 Å². The second-order valence-electron chi connectivity index (χ2n) is 5.13. The number of carbonyl (C=O) groups is 2. The van der Waals surface area contributed by atoms with Crippen LogP contribution in [0.4, 0.5) is 0 Å². The van der Waals surface area contributed by atoms with Gasteiger partial charge in [-0.05, 0) is 37.5 Å². The Morgan fingerprint density at radius 3 is 1.19 bits per heavy atom. The summed E-state index contributed by atoms with van der Waals surface area (Å²) in [4.78, 5) is 20.7. The SMILES string of the molecule is CCCCC(CC)C(=O)[O-].CCCCC(CC)C(=O)[O-].[BiH+2]. The van der Waals surface area contributed by atoms with Gasteiger partial charge < -0.3 is 19.8 Å². The predicted molar refractivity (Wildman–Crippen MR) is 83.8 cm³/mol. The third kappa shape index (κ3) is 16.0. The van der Waals surface area contributed by atoms with E-state index in [0.29, 0.717) is 12.8 Å². The van der Waals surface area contributed by atoms with Crippen LogP contribution in [0, 0.1) is 11.8 Å². The molecule has 0 aliphatic rings. The van der Waals surface area contributed by atoms with Gasteiger partial charge in [-0.3, -0.25) is 0 Å². The van der Waals surface area contributed by atoms with Gasteiger partial charge in [0.2, 0.25) is 0 Å². The zero-order valence-corrected chi connectivity index (χ0v) is 17.8. The van der Waals surface area contributed by atoms with Gasteiger partial charge in [0.05, 0.1) is 0 Å². The Morgan fingerprint density at radius 2 is 1.05 bits per heavy atom. The molecule has 0 rings (SSSR count). The van der Waals surface area contributed by atoms with Gasteiger partial charge in [-0.1, -0.05) is 53.4 Å². The second-order valence-corrected chi connectivity index (χ2v) is 5.13. The van der Waals surface area contributed by atoms with Gasteiger partial charge >= 0.3 is 26.2 Å². The van der Waals surface area contributed by atoms with E-state index in [9.17, 15) is 19.8 Å². The van der Waals surface area contributed by atoms with E-state index in [2.05, 4.69) is 13.8 Å². The van der Waals surface area contributed by atoms with Crippen LogP contribution in [0.15, 0.2) is 0 Å². The van der Waals surface area contributed by atoms with Crippen LogP contribution in [0.25, 0.3) is 0 Å². The summed E-state index contributed by atoms with van der Waals surface area (Å²) in [6, 6.07) is 0. The van der Waals surface area contributed by atoms with Crippen molar-refractivity contribution in [3.8, 4) is 0 Å². The number of carboxylic acids is 2. The molecule has 0 aromatic rings. The Hall–Kier alpha value is -0.177. The number of unbranched alkanes of at least 4 members (excludes halogenated alkanes) is 2. The Morgan fingerprint density at radius 1 is 0.762 bits per heavy atom. The topological polar surface area (TPSA) is 80.3 Å². The minimum absolute atomic E-state index is 0. The molecule has 0 saturated carbocycles. The average Bonchev–Trinajstić information content (AvgIpc) is 2.40. The molecule has 21 heavy (non-hydrogen) atoms. The van der Waals surface area contributed by atoms with Gasteiger partial charge in [0.25, 0.3) is 0 Å². The summed E-state index contributed by atoms with van der Waals surface area (Å²) in [5, 5.41) is 20.7. The maximum atomic E-state index is 10.3. The minimum atomic E-state index is -0.893. The third-order valence-electron chi connectivity index (χ3n) is 3.46. The first kappa shape index (κ1) is 25.8. The normalized spacial score (nSPS) is 12.4. The summed E-state index contributed by atoms with van der Waals surface area (Å²) >= 11 is 0. The van der Waals surface area contributed by atoms with Gasteiger partial charge in [-0.25, -0.2) is 0 Å². The fraction of sp³-hybridized carbons (Fsp3) is 0.875. The molecular weight excluding hydrogens is 465 g/mol. The van der Waals surface area contributed by atoms with E-state index >= 15 is 0 Å². The molecule has 0 amide bonds. The second kappa shape index (κ2) is 17.9. The molecule has 0 saturated heterocycles. The van der Waals surface area contributed by atoms with Crippen molar-refractivity contribution in [3.05, 3.63) is 0 Å². The standard InChI is InChI=1S/2C8H16O2.Bi.H/c2*1-3-5-6-7(4-2)8(9)10;;/h2*7H,3-6H2,1-2H3,(H,9,10);;/q;;+2;/p-2. The van der Waals surface area contributed by atoms with Crippen LogP contribution in [0.3, 0.4) is 0 Å². The number of hydrogen-bond donors (Lipinski definition) is 0. The molecule has 2 atom stereocenters. The molecule has 0 heterocycles. The van der Waals surface area contributed by atoms with E-state index in [0.717, 1.165) is 38.5 Å². The number of carboxylic acid groups (broad SMARTS) is 2. The Labute approximate surface area is 148 Å². The van der Waals surface area contributed by atoms with Crippen molar-refractivity contribution >= 4 is 38.1 Å². The fourth-order valence-corrected chi connectivity index (χ4v) is 1.88. The average molecular weight is 496 g/mol. The summed E-state index contributed by atoms with van der Waals surface area (Å²) < 4.78 is 0. The third-order valence-corrected chi connectivity index (χ3v) is 3.46. The molecular formula is C16H31BiO4. The molecule has 0 bridgehead atoms. The molecule has 124 valence electrons. The molecule has 0 aliphatic carbocycles. The van der Waals surface area contributed by atoms with Gasteiger partial charge in [0, 0.05) is 11.9 Å². The molecule has 0 N–H and O–H groups in total. The molecule has 0 aromatic heterocycles. The zero-order valence-electron chi connectivity index (χ0n) is 13.9. The molecule has 2 unspecified atom stereocenters. The van der Waals surface area contributed by atoms with E-state index in [1.165, 1.54) is 0 Å². The molecule has 0 spiro atoms. The van der Waals surface area contributed by atoms with Crippen LogP contribution in [0.1, 0.15) is 79.1 Å². The first-order valence-electron chi connectivity index (χ1n) is 7.86. The van der Waals surface area contributed by atoms with E-state index in [1.54, 1.807) is 0 Å². The summed E-state index contributed by atoms with van der Waals surface area (Å²) in [6.07, 6.45) is 7.04. The van der Waals surface area contributed by atoms with Crippen LogP contribution in [0.2, 0.25) is 0 Å². The van der Waals surface area contributed by atoms with Crippen LogP contribution >= 0.6 is 0 Å². The van der Waals surface area contributed by atoms with E-state index in [4.69, 9.17) is 0 Å². The Balaban J connectivity index is -0.000000295. The van der Waals surface area contributed by atoms with Crippen molar-refractivity contribution < 1.29 is 19.8 Å². The zero-order chi connectivity index (χ0) is 16.0. The number of rotatable bonds is 10.